The summed E-state index contributed by atoms with van der Waals surface area (Å²) in [6, 6.07) is 15.5. The summed E-state index contributed by atoms with van der Waals surface area (Å²) in [4.78, 5) is 3.04. The van der Waals surface area contributed by atoms with E-state index in [4.69, 9.17) is 17.5 Å². The first-order valence-electron chi connectivity index (χ1n) is 4.50. The average molecular weight is 212 g/mol. The highest BCUT2D eigenvalue weighted by Crippen LogP contribution is 2.16. The van der Waals surface area contributed by atoms with Crippen LogP contribution in [0.25, 0.3) is 11.3 Å². The van der Waals surface area contributed by atoms with E-state index < -0.39 is 0 Å². The summed E-state index contributed by atoms with van der Waals surface area (Å²) in [5.41, 5.74) is 2.50. The highest BCUT2D eigenvalue weighted by atomic mass is 32.1. The molecule has 0 aliphatic rings. The Labute approximate surface area is 92.8 Å². The van der Waals surface area contributed by atoms with Gasteiger partial charge in [0.1, 0.15) is 10.7 Å². The van der Waals surface area contributed by atoms with E-state index in [1.165, 1.54) is 0 Å². The predicted molar refractivity (Wildman–Crippen MR) is 61.8 cm³/mol. The van der Waals surface area contributed by atoms with E-state index in [2.05, 4.69) is 4.98 Å². The highest BCUT2D eigenvalue weighted by molar-refractivity contribution is 7.71. The third-order valence-electron chi connectivity index (χ3n) is 2.11. The SMILES string of the molecule is N#Cc1ccc(-c2ccccc2)[nH]c1=S. The minimum Gasteiger partial charge on any atom is -0.345 e. The first kappa shape index (κ1) is 9.63. The minimum atomic E-state index is 0.485. The number of pyridine rings is 1. The molecule has 15 heavy (non-hydrogen) atoms. The summed E-state index contributed by atoms with van der Waals surface area (Å²) in [6.45, 7) is 0. The van der Waals surface area contributed by atoms with Crippen molar-refractivity contribution < 1.29 is 0 Å². The van der Waals surface area contributed by atoms with E-state index in [0.29, 0.717) is 10.2 Å². The molecule has 1 heterocycles. The maximum Gasteiger partial charge on any atom is 0.121 e. The van der Waals surface area contributed by atoms with Crippen molar-refractivity contribution in [1.29, 1.82) is 5.26 Å². The molecular weight excluding hydrogens is 204 g/mol. The number of hydrogen-bond donors (Lipinski definition) is 1. The average Bonchev–Trinajstić information content (AvgIpc) is 2.30. The Kier molecular flexibility index (Phi) is 2.61. The molecule has 0 amide bonds. The first-order chi connectivity index (χ1) is 7.31. The fourth-order valence-corrected chi connectivity index (χ4v) is 1.57. The van der Waals surface area contributed by atoms with Gasteiger partial charge in [0.15, 0.2) is 0 Å². The molecule has 0 saturated carbocycles. The number of benzene rings is 1. The molecule has 0 spiro atoms. The largest absolute Gasteiger partial charge is 0.345 e. The van der Waals surface area contributed by atoms with Gasteiger partial charge in [0.25, 0.3) is 0 Å². The molecule has 1 N–H and O–H groups in total. The number of aromatic amines is 1. The monoisotopic (exact) mass is 212 g/mol. The smallest absolute Gasteiger partial charge is 0.121 e. The Bertz CT molecular complexity index is 564. The van der Waals surface area contributed by atoms with Crippen molar-refractivity contribution in [3.05, 3.63) is 52.7 Å². The highest BCUT2D eigenvalue weighted by Gasteiger charge is 1.98. The second kappa shape index (κ2) is 4.07. The van der Waals surface area contributed by atoms with Crippen molar-refractivity contribution in [3.8, 4) is 17.3 Å². The van der Waals surface area contributed by atoms with Crippen LogP contribution >= 0.6 is 12.2 Å². The van der Waals surface area contributed by atoms with Crippen molar-refractivity contribution in [2.75, 3.05) is 0 Å². The van der Waals surface area contributed by atoms with Gasteiger partial charge < -0.3 is 4.98 Å². The zero-order chi connectivity index (χ0) is 10.7. The van der Waals surface area contributed by atoms with Crippen LogP contribution in [0.15, 0.2) is 42.5 Å². The van der Waals surface area contributed by atoms with Crippen LogP contribution in [0, 0.1) is 16.0 Å². The van der Waals surface area contributed by atoms with E-state index in [-0.39, 0.29) is 0 Å². The molecule has 2 nitrogen and oxygen atoms in total. The lowest BCUT2D eigenvalue weighted by Gasteiger charge is -2.01. The molecule has 1 aromatic heterocycles. The van der Waals surface area contributed by atoms with Gasteiger partial charge in [0.05, 0.1) is 5.56 Å². The summed E-state index contributed by atoms with van der Waals surface area (Å²) in [5, 5.41) is 8.74. The third-order valence-corrected chi connectivity index (χ3v) is 2.44. The number of nitriles is 1. The van der Waals surface area contributed by atoms with Gasteiger partial charge in [-0.25, -0.2) is 0 Å². The van der Waals surface area contributed by atoms with Gasteiger partial charge in [0, 0.05) is 5.69 Å². The van der Waals surface area contributed by atoms with E-state index in [1.807, 2.05) is 42.5 Å². The van der Waals surface area contributed by atoms with Crippen LogP contribution in [0.5, 0.6) is 0 Å². The van der Waals surface area contributed by atoms with Crippen LogP contribution in [0.1, 0.15) is 5.56 Å². The molecule has 0 aliphatic carbocycles. The maximum absolute atomic E-state index is 8.74. The van der Waals surface area contributed by atoms with E-state index in [1.54, 1.807) is 6.07 Å². The number of aromatic nitrogens is 1. The third kappa shape index (κ3) is 1.95. The van der Waals surface area contributed by atoms with Gasteiger partial charge in [-0.15, -0.1) is 0 Å². The van der Waals surface area contributed by atoms with E-state index in [9.17, 15) is 0 Å². The van der Waals surface area contributed by atoms with Crippen molar-refractivity contribution >= 4 is 12.2 Å². The van der Waals surface area contributed by atoms with E-state index in [0.717, 1.165) is 11.3 Å². The summed E-state index contributed by atoms with van der Waals surface area (Å²) >= 11 is 5.06. The Hall–Kier alpha value is -1.92. The molecule has 0 saturated heterocycles. The lowest BCUT2D eigenvalue weighted by atomic mass is 10.1. The predicted octanol–water partition coefficient (Wildman–Crippen LogP) is 3.28. The molecule has 72 valence electrons. The topological polar surface area (TPSA) is 39.6 Å². The van der Waals surface area contributed by atoms with Crippen molar-refractivity contribution in [1.82, 2.24) is 4.98 Å². The lowest BCUT2D eigenvalue weighted by Crippen LogP contribution is -1.86. The number of nitrogens with one attached hydrogen (secondary N) is 1. The molecule has 0 bridgehead atoms. The molecule has 3 heteroatoms. The Morgan fingerprint density at radius 1 is 1.07 bits per heavy atom. The molecule has 0 fully saturated rings. The molecule has 0 radical (unpaired) electrons. The van der Waals surface area contributed by atoms with Crippen molar-refractivity contribution in [3.63, 3.8) is 0 Å². The van der Waals surface area contributed by atoms with Crippen molar-refractivity contribution in [2.45, 2.75) is 0 Å². The van der Waals surface area contributed by atoms with Gasteiger partial charge in [-0.2, -0.15) is 5.26 Å². The lowest BCUT2D eigenvalue weighted by molar-refractivity contribution is 1.27. The van der Waals surface area contributed by atoms with Gasteiger partial charge in [-0.05, 0) is 17.7 Å². The quantitative estimate of drug-likeness (QED) is 0.737. The second-order valence-electron chi connectivity index (χ2n) is 3.09. The number of nitrogens with zero attached hydrogens (tertiary/aromatic N) is 1. The summed E-state index contributed by atoms with van der Waals surface area (Å²) < 4.78 is 0.485. The van der Waals surface area contributed by atoms with Gasteiger partial charge in [0.2, 0.25) is 0 Å². The number of hydrogen-bond acceptors (Lipinski definition) is 2. The zero-order valence-corrected chi connectivity index (χ0v) is 8.71. The fourth-order valence-electron chi connectivity index (χ4n) is 1.35. The van der Waals surface area contributed by atoms with Crippen LogP contribution in [-0.2, 0) is 0 Å². The molecule has 1 aromatic carbocycles. The number of rotatable bonds is 1. The van der Waals surface area contributed by atoms with Crippen LogP contribution < -0.4 is 0 Å². The standard InChI is InChI=1S/C12H8N2S/c13-8-10-6-7-11(14-12(10)15)9-4-2-1-3-5-9/h1-7H,(H,14,15). The first-order valence-corrected chi connectivity index (χ1v) is 4.91. The Balaban J connectivity index is 2.54. The second-order valence-corrected chi connectivity index (χ2v) is 3.50. The minimum absolute atomic E-state index is 0.485. The molecule has 2 rings (SSSR count). The maximum atomic E-state index is 8.74. The molecule has 0 atom stereocenters. The van der Waals surface area contributed by atoms with Crippen LogP contribution in [0.4, 0.5) is 0 Å². The molecule has 0 aliphatic heterocycles. The molecule has 2 aromatic rings. The van der Waals surface area contributed by atoms with Gasteiger partial charge in [-0.3, -0.25) is 0 Å². The Morgan fingerprint density at radius 3 is 2.40 bits per heavy atom. The van der Waals surface area contributed by atoms with Crippen LogP contribution in [0.2, 0.25) is 0 Å². The normalized spacial score (nSPS) is 9.53. The summed E-state index contributed by atoms with van der Waals surface area (Å²) in [6.07, 6.45) is 0. The van der Waals surface area contributed by atoms with E-state index >= 15 is 0 Å². The fraction of sp³-hybridized carbons (Fsp3) is 0. The summed E-state index contributed by atoms with van der Waals surface area (Å²) in [5.74, 6) is 0. The molecule has 0 unspecified atom stereocenters. The molecular formula is C12H8N2S. The summed E-state index contributed by atoms with van der Waals surface area (Å²) in [7, 11) is 0. The van der Waals surface area contributed by atoms with Crippen LogP contribution in [0.3, 0.4) is 0 Å². The van der Waals surface area contributed by atoms with Crippen molar-refractivity contribution in [2.24, 2.45) is 0 Å². The van der Waals surface area contributed by atoms with Gasteiger partial charge >= 0.3 is 0 Å². The van der Waals surface area contributed by atoms with Crippen LogP contribution in [-0.4, -0.2) is 4.98 Å². The zero-order valence-electron chi connectivity index (χ0n) is 7.90. The number of H-pyrrole nitrogens is 1. The van der Waals surface area contributed by atoms with Gasteiger partial charge in [-0.1, -0.05) is 42.5 Å². The Morgan fingerprint density at radius 2 is 1.80 bits per heavy atom.